The lowest BCUT2D eigenvalue weighted by molar-refractivity contribution is -0.127. The number of hydrogen-bond donors (Lipinski definition) is 1. The summed E-state index contributed by atoms with van der Waals surface area (Å²) in [6, 6.07) is 3.58. The van der Waals surface area contributed by atoms with Crippen molar-refractivity contribution in [1.82, 2.24) is 29.6 Å². The molecule has 4 rings (SSSR count). The van der Waals surface area contributed by atoms with Crippen molar-refractivity contribution in [3.05, 3.63) is 49.2 Å². The van der Waals surface area contributed by atoms with Crippen molar-refractivity contribution in [2.75, 3.05) is 25.4 Å². The minimum absolute atomic E-state index is 0.0263. The molecule has 0 radical (unpaired) electrons. The Labute approximate surface area is 173 Å². The summed E-state index contributed by atoms with van der Waals surface area (Å²) in [7, 11) is 0. The molecule has 0 unspecified atom stereocenters. The number of nitrogens with two attached hydrogens (primary N) is 1. The predicted molar refractivity (Wildman–Crippen MR) is 111 cm³/mol. The molecular weight excluding hydrogens is 382 g/mol. The van der Waals surface area contributed by atoms with Gasteiger partial charge in [-0.05, 0) is 37.0 Å². The molecule has 0 aromatic carbocycles. The predicted octanol–water partition coefficient (Wildman–Crippen LogP) is 1.58. The fourth-order valence-corrected chi connectivity index (χ4v) is 3.49. The lowest BCUT2D eigenvalue weighted by Crippen LogP contribution is -2.40. The second kappa shape index (κ2) is 8.61. The van der Waals surface area contributed by atoms with Gasteiger partial charge in [0.05, 0.1) is 17.6 Å². The van der Waals surface area contributed by atoms with E-state index in [-0.39, 0.29) is 18.6 Å². The normalized spacial score (nSPS) is 16.0. The molecule has 1 aliphatic rings. The van der Waals surface area contributed by atoms with Crippen LogP contribution in [0, 0.1) is 11.8 Å². The fraction of sp³-hybridized carbons (Fsp3) is 0.286. The Kier molecular flexibility index (Phi) is 5.57. The second-order valence-electron chi connectivity index (χ2n) is 6.81. The van der Waals surface area contributed by atoms with E-state index >= 15 is 0 Å². The summed E-state index contributed by atoms with van der Waals surface area (Å²) in [5.74, 6) is 6.85. The van der Waals surface area contributed by atoms with Crippen LogP contribution in [0.4, 0.5) is 5.82 Å². The van der Waals surface area contributed by atoms with Crippen molar-refractivity contribution < 1.29 is 9.53 Å². The van der Waals surface area contributed by atoms with E-state index in [1.54, 1.807) is 23.4 Å². The van der Waals surface area contributed by atoms with Gasteiger partial charge in [0.2, 0.25) is 5.91 Å². The van der Waals surface area contributed by atoms with Crippen molar-refractivity contribution in [2.45, 2.75) is 18.9 Å². The molecule has 3 aromatic rings. The number of nitrogen functional groups attached to an aromatic ring is 1. The highest BCUT2D eigenvalue weighted by atomic mass is 16.5. The summed E-state index contributed by atoms with van der Waals surface area (Å²) in [6.45, 7) is 4.99. The minimum atomic E-state index is -0.0853. The summed E-state index contributed by atoms with van der Waals surface area (Å²) in [6.07, 6.45) is 7.79. The Balaban J connectivity index is 1.61. The van der Waals surface area contributed by atoms with Crippen molar-refractivity contribution >= 4 is 22.8 Å². The van der Waals surface area contributed by atoms with E-state index in [0.29, 0.717) is 41.4 Å². The minimum Gasteiger partial charge on any atom is -0.479 e. The number of amides is 1. The summed E-state index contributed by atoms with van der Waals surface area (Å²) in [4.78, 5) is 26.3. The maximum Gasteiger partial charge on any atom is 0.246 e. The number of piperidine rings is 1. The van der Waals surface area contributed by atoms with Crippen LogP contribution in [0.25, 0.3) is 11.0 Å². The van der Waals surface area contributed by atoms with E-state index in [1.165, 1.54) is 12.4 Å². The van der Waals surface area contributed by atoms with Crippen LogP contribution in [0.2, 0.25) is 0 Å². The number of hydrogen-bond acceptors (Lipinski definition) is 7. The van der Waals surface area contributed by atoms with Crippen molar-refractivity contribution in [1.29, 1.82) is 0 Å². The molecule has 1 amide bonds. The molecule has 1 fully saturated rings. The Hall–Kier alpha value is -3.93. The highest BCUT2D eigenvalue weighted by Crippen LogP contribution is 2.28. The number of carbonyl (C=O) groups excluding carboxylic acids is 1. The zero-order chi connectivity index (χ0) is 20.9. The highest BCUT2D eigenvalue weighted by Gasteiger charge is 2.27. The molecule has 3 aromatic heterocycles. The van der Waals surface area contributed by atoms with Gasteiger partial charge in [-0.25, -0.2) is 14.6 Å². The summed E-state index contributed by atoms with van der Waals surface area (Å²) < 4.78 is 7.37. The van der Waals surface area contributed by atoms with Crippen molar-refractivity contribution in [3.8, 4) is 17.6 Å². The van der Waals surface area contributed by atoms with Gasteiger partial charge in [-0.2, -0.15) is 5.10 Å². The number of nitrogens with zero attached hydrogens (tertiary/aromatic N) is 6. The lowest BCUT2D eigenvalue weighted by atomic mass is 10.1. The first kappa shape index (κ1) is 19.4. The standard InChI is InChI=1S/C21H21N7O2/c1-2-18(29)27-10-4-6-15(13-27)28-21-19(20(22)24-14-25-21)17(26-28)8-5-11-30-16-7-3-9-23-12-16/h2-3,7,9,12,14-15H,1,4,6,10-11,13H2,(H2,22,24,25)/t15-/m1/s1. The first-order valence-electron chi connectivity index (χ1n) is 9.59. The highest BCUT2D eigenvalue weighted by molar-refractivity contribution is 5.90. The lowest BCUT2D eigenvalue weighted by Gasteiger charge is -2.32. The SMILES string of the molecule is C=CC(=O)N1CCC[C@@H](n2nc(C#CCOc3cccnc3)c3c(N)ncnc32)C1. The maximum atomic E-state index is 12.0. The number of fused-ring (bicyclic) bond motifs is 1. The largest absolute Gasteiger partial charge is 0.479 e. The third-order valence-electron chi connectivity index (χ3n) is 4.90. The van der Waals surface area contributed by atoms with E-state index in [4.69, 9.17) is 10.5 Å². The maximum absolute atomic E-state index is 12.0. The smallest absolute Gasteiger partial charge is 0.246 e. The number of aromatic nitrogens is 5. The van der Waals surface area contributed by atoms with Crippen LogP contribution < -0.4 is 10.5 Å². The second-order valence-corrected chi connectivity index (χ2v) is 6.81. The van der Waals surface area contributed by atoms with Gasteiger partial charge in [-0.15, -0.1) is 0 Å². The van der Waals surface area contributed by atoms with Crippen LogP contribution >= 0.6 is 0 Å². The fourth-order valence-electron chi connectivity index (χ4n) is 3.49. The zero-order valence-corrected chi connectivity index (χ0v) is 16.4. The number of rotatable bonds is 4. The molecule has 0 saturated carbocycles. The molecule has 1 saturated heterocycles. The number of ether oxygens (including phenoxy) is 1. The average Bonchev–Trinajstić information content (AvgIpc) is 3.17. The molecule has 0 spiro atoms. The van der Waals surface area contributed by atoms with E-state index in [1.807, 2.05) is 10.7 Å². The Bertz CT molecular complexity index is 1130. The van der Waals surface area contributed by atoms with Crippen LogP contribution in [0.5, 0.6) is 5.75 Å². The quantitative estimate of drug-likeness (QED) is 0.520. The average molecular weight is 403 g/mol. The summed E-state index contributed by atoms with van der Waals surface area (Å²) >= 11 is 0. The molecule has 1 atom stereocenters. The molecular formula is C21H21N7O2. The number of anilines is 1. The Morgan fingerprint density at radius 2 is 2.33 bits per heavy atom. The van der Waals surface area contributed by atoms with Gasteiger partial charge in [0.1, 0.15) is 30.2 Å². The van der Waals surface area contributed by atoms with Gasteiger partial charge in [-0.1, -0.05) is 12.5 Å². The van der Waals surface area contributed by atoms with Gasteiger partial charge >= 0.3 is 0 Å². The van der Waals surface area contributed by atoms with Gasteiger partial charge in [0.25, 0.3) is 0 Å². The van der Waals surface area contributed by atoms with E-state index in [9.17, 15) is 4.79 Å². The molecule has 9 heteroatoms. The van der Waals surface area contributed by atoms with Crippen LogP contribution in [-0.4, -0.2) is 55.2 Å². The third-order valence-corrected chi connectivity index (χ3v) is 4.90. The number of likely N-dealkylation sites (tertiary alicyclic amines) is 1. The zero-order valence-electron chi connectivity index (χ0n) is 16.4. The van der Waals surface area contributed by atoms with E-state index in [2.05, 4.69) is 38.5 Å². The van der Waals surface area contributed by atoms with Gasteiger partial charge in [0, 0.05) is 19.3 Å². The van der Waals surface area contributed by atoms with Crippen molar-refractivity contribution in [3.63, 3.8) is 0 Å². The Morgan fingerprint density at radius 1 is 1.43 bits per heavy atom. The van der Waals surface area contributed by atoms with Crippen LogP contribution in [0.1, 0.15) is 24.6 Å². The molecule has 9 nitrogen and oxygen atoms in total. The van der Waals surface area contributed by atoms with Gasteiger partial charge < -0.3 is 15.4 Å². The number of carbonyl (C=O) groups is 1. The van der Waals surface area contributed by atoms with E-state index < -0.39 is 0 Å². The molecule has 4 heterocycles. The number of pyridine rings is 1. The van der Waals surface area contributed by atoms with Crippen LogP contribution in [-0.2, 0) is 4.79 Å². The Morgan fingerprint density at radius 3 is 3.13 bits per heavy atom. The molecule has 30 heavy (non-hydrogen) atoms. The first-order valence-corrected chi connectivity index (χ1v) is 9.59. The van der Waals surface area contributed by atoms with Crippen LogP contribution in [0.15, 0.2) is 43.5 Å². The van der Waals surface area contributed by atoms with Gasteiger partial charge in [0.15, 0.2) is 5.65 Å². The summed E-state index contributed by atoms with van der Waals surface area (Å²) in [5, 5.41) is 5.28. The molecule has 0 aliphatic carbocycles. The van der Waals surface area contributed by atoms with Crippen molar-refractivity contribution in [2.24, 2.45) is 0 Å². The summed E-state index contributed by atoms with van der Waals surface area (Å²) in [5.41, 5.74) is 7.20. The third kappa shape index (κ3) is 3.93. The van der Waals surface area contributed by atoms with E-state index in [0.717, 1.165) is 12.8 Å². The molecule has 0 bridgehead atoms. The van der Waals surface area contributed by atoms with Gasteiger partial charge in [-0.3, -0.25) is 9.78 Å². The monoisotopic (exact) mass is 403 g/mol. The molecule has 1 aliphatic heterocycles. The molecule has 152 valence electrons. The first-order chi connectivity index (χ1) is 14.7. The topological polar surface area (TPSA) is 112 Å². The van der Waals surface area contributed by atoms with Crippen LogP contribution in [0.3, 0.4) is 0 Å². The molecule has 2 N–H and O–H groups in total.